The first-order chi connectivity index (χ1) is 15.2. The topological polar surface area (TPSA) is 70.5 Å². The summed E-state index contributed by atoms with van der Waals surface area (Å²) in [5, 5.41) is 13.1. The molecule has 2 heterocycles. The lowest BCUT2D eigenvalue weighted by atomic mass is 9.88. The van der Waals surface area contributed by atoms with Gasteiger partial charge in [-0.2, -0.15) is 0 Å². The third-order valence-corrected chi connectivity index (χ3v) is 6.11. The maximum Gasteiger partial charge on any atom is 0.142 e. The van der Waals surface area contributed by atoms with Crippen LogP contribution >= 0.6 is 0 Å². The Morgan fingerprint density at radius 2 is 2.06 bits per heavy atom. The highest BCUT2D eigenvalue weighted by Crippen LogP contribution is 2.36. The molecule has 1 aromatic heterocycles. The summed E-state index contributed by atoms with van der Waals surface area (Å²) in [6.45, 7) is 4.05. The second kappa shape index (κ2) is 8.55. The zero-order chi connectivity index (χ0) is 21.2. The largest absolute Gasteiger partial charge is 0.490 e. The summed E-state index contributed by atoms with van der Waals surface area (Å²) < 4.78 is 5.80. The van der Waals surface area contributed by atoms with Crippen molar-refractivity contribution in [3.8, 4) is 17.0 Å². The first kappa shape index (κ1) is 19.8. The first-order valence-electron chi connectivity index (χ1n) is 11.0. The number of aromatic nitrogens is 2. The average Bonchev–Trinajstić information content (AvgIpc) is 2.79. The normalized spacial score (nSPS) is 17.5. The second-order valence-electron chi connectivity index (χ2n) is 8.22. The number of nitrogens with zero attached hydrogens (tertiary/aromatic N) is 3. The van der Waals surface area contributed by atoms with E-state index in [1.54, 1.807) is 0 Å². The van der Waals surface area contributed by atoms with E-state index < -0.39 is 0 Å². The van der Waals surface area contributed by atoms with Crippen molar-refractivity contribution in [3.05, 3.63) is 65.5 Å². The fourth-order valence-electron chi connectivity index (χ4n) is 4.66. The molecule has 160 valence electrons. The summed E-state index contributed by atoms with van der Waals surface area (Å²) in [5.41, 5.74) is 5.71. The van der Waals surface area contributed by atoms with Gasteiger partial charge in [-0.25, -0.2) is 9.97 Å². The van der Waals surface area contributed by atoms with Crippen LogP contribution in [0.1, 0.15) is 35.8 Å². The predicted octanol–water partition coefficient (Wildman–Crippen LogP) is 4.13. The molecule has 1 aliphatic heterocycles. The summed E-state index contributed by atoms with van der Waals surface area (Å²) in [6, 6.07) is 17.1. The van der Waals surface area contributed by atoms with E-state index in [1.165, 1.54) is 17.5 Å². The van der Waals surface area contributed by atoms with Gasteiger partial charge in [0.05, 0.1) is 30.6 Å². The number of anilines is 2. The number of ether oxygens (including phenoxy) is 1. The minimum atomic E-state index is 0.118. The number of β-amino-alcohol motifs (C(OH)–C–C–N with tert-alkyl or cyclic N) is 1. The zero-order valence-corrected chi connectivity index (χ0v) is 17.8. The van der Waals surface area contributed by atoms with E-state index >= 15 is 0 Å². The monoisotopic (exact) mass is 416 g/mol. The molecule has 2 aliphatic rings. The molecule has 0 bridgehead atoms. The Hall–Kier alpha value is -3.12. The van der Waals surface area contributed by atoms with Gasteiger partial charge in [0.1, 0.15) is 24.0 Å². The van der Waals surface area contributed by atoms with Crippen molar-refractivity contribution >= 4 is 11.5 Å². The molecule has 0 unspecified atom stereocenters. The number of hydrogen-bond donors (Lipinski definition) is 2. The molecule has 1 aliphatic carbocycles. The van der Waals surface area contributed by atoms with Gasteiger partial charge in [0.2, 0.25) is 0 Å². The summed E-state index contributed by atoms with van der Waals surface area (Å²) in [4.78, 5) is 11.5. The van der Waals surface area contributed by atoms with Crippen molar-refractivity contribution < 1.29 is 9.84 Å². The highest BCUT2D eigenvalue weighted by atomic mass is 16.5. The van der Waals surface area contributed by atoms with Gasteiger partial charge in [-0.15, -0.1) is 0 Å². The second-order valence-corrected chi connectivity index (χ2v) is 8.22. The summed E-state index contributed by atoms with van der Waals surface area (Å²) in [7, 11) is 0. The molecular weight excluding hydrogens is 388 g/mol. The fraction of sp³-hybridized carbons (Fsp3) is 0.360. The quantitative estimate of drug-likeness (QED) is 0.652. The molecule has 6 heteroatoms. The van der Waals surface area contributed by atoms with Crippen LogP contribution in [0.25, 0.3) is 11.3 Å². The lowest BCUT2D eigenvalue weighted by molar-refractivity contribution is 0.278. The molecule has 6 nitrogen and oxygen atoms in total. The van der Waals surface area contributed by atoms with E-state index in [0.29, 0.717) is 13.2 Å². The maximum atomic E-state index is 9.42. The minimum Gasteiger partial charge on any atom is -0.490 e. The SMILES string of the molecule is Cc1nc(N[C@@H]2CCCc3ccccc32)cc(-c2ccc3c(c2)N(CCO)CCO3)n1. The van der Waals surface area contributed by atoms with Crippen LogP contribution in [-0.2, 0) is 6.42 Å². The van der Waals surface area contributed by atoms with Gasteiger partial charge in [0.15, 0.2) is 0 Å². The van der Waals surface area contributed by atoms with Crippen LogP contribution < -0.4 is 15.0 Å². The van der Waals surface area contributed by atoms with Gasteiger partial charge >= 0.3 is 0 Å². The highest BCUT2D eigenvalue weighted by Gasteiger charge is 2.21. The first-order valence-corrected chi connectivity index (χ1v) is 11.0. The third kappa shape index (κ3) is 4.08. The Kier molecular flexibility index (Phi) is 5.47. The van der Waals surface area contributed by atoms with Crippen molar-refractivity contribution in [1.29, 1.82) is 0 Å². The Morgan fingerprint density at radius 3 is 2.97 bits per heavy atom. The Labute approximate surface area is 182 Å². The van der Waals surface area contributed by atoms with E-state index in [4.69, 9.17) is 9.72 Å². The summed E-state index contributed by atoms with van der Waals surface area (Å²) in [5.74, 6) is 2.45. The van der Waals surface area contributed by atoms with Crippen LogP contribution in [0, 0.1) is 6.92 Å². The van der Waals surface area contributed by atoms with Crippen LogP contribution in [0.4, 0.5) is 11.5 Å². The van der Waals surface area contributed by atoms with Crippen molar-refractivity contribution in [2.75, 3.05) is 36.5 Å². The van der Waals surface area contributed by atoms with Crippen LogP contribution in [0.15, 0.2) is 48.5 Å². The number of hydrogen-bond acceptors (Lipinski definition) is 6. The number of fused-ring (bicyclic) bond motifs is 2. The standard InChI is InChI=1S/C25H28N4O2/c1-17-26-22(19-9-10-24-23(15-19)29(11-13-30)12-14-31-24)16-25(27-17)28-21-8-4-6-18-5-2-3-7-20(18)21/h2-3,5,7,9-10,15-16,21,30H,4,6,8,11-14H2,1H3,(H,26,27,28)/t21-/m1/s1. The lowest BCUT2D eigenvalue weighted by Crippen LogP contribution is -2.34. The molecule has 31 heavy (non-hydrogen) atoms. The average molecular weight is 417 g/mol. The van der Waals surface area contributed by atoms with Gasteiger partial charge in [-0.3, -0.25) is 0 Å². The van der Waals surface area contributed by atoms with Gasteiger partial charge in [-0.05, 0) is 55.5 Å². The third-order valence-electron chi connectivity index (χ3n) is 6.11. The number of nitrogens with one attached hydrogen (secondary N) is 1. The molecule has 5 rings (SSSR count). The predicted molar refractivity (Wildman–Crippen MR) is 123 cm³/mol. The van der Waals surface area contributed by atoms with Crippen molar-refractivity contribution in [2.45, 2.75) is 32.2 Å². The molecule has 0 saturated heterocycles. The molecule has 0 radical (unpaired) electrons. The van der Waals surface area contributed by atoms with E-state index in [-0.39, 0.29) is 12.6 Å². The molecule has 3 aromatic rings. The van der Waals surface area contributed by atoms with Crippen molar-refractivity contribution in [3.63, 3.8) is 0 Å². The van der Waals surface area contributed by atoms with Crippen molar-refractivity contribution in [1.82, 2.24) is 9.97 Å². The summed E-state index contributed by atoms with van der Waals surface area (Å²) in [6.07, 6.45) is 3.42. The highest BCUT2D eigenvalue weighted by molar-refractivity contribution is 5.72. The number of benzene rings is 2. The molecule has 0 fully saturated rings. The Morgan fingerprint density at radius 1 is 1.16 bits per heavy atom. The smallest absolute Gasteiger partial charge is 0.142 e. The van der Waals surface area contributed by atoms with E-state index in [1.807, 2.05) is 25.1 Å². The molecular formula is C25H28N4O2. The fourth-order valence-corrected chi connectivity index (χ4v) is 4.66. The van der Waals surface area contributed by atoms with E-state index in [0.717, 1.165) is 53.7 Å². The minimum absolute atomic E-state index is 0.118. The summed E-state index contributed by atoms with van der Waals surface area (Å²) >= 11 is 0. The van der Waals surface area contributed by atoms with Crippen molar-refractivity contribution in [2.24, 2.45) is 0 Å². The van der Waals surface area contributed by atoms with E-state index in [2.05, 4.69) is 45.5 Å². The lowest BCUT2D eigenvalue weighted by Gasteiger charge is -2.31. The molecule has 1 atom stereocenters. The van der Waals surface area contributed by atoms with Gasteiger partial charge in [0.25, 0.3) is 0 Å². The maximum absolute atomic E-state index is 9.42. The number of aliphatic hydroxyl groups is 1. The molecule has 0 saturated carbocycles. The Bertz CT molecular complexity index is 1080. The molecule has 2 aromatic carbocycles. The number of aliphatic hydroxyl groups excluding tert-OH is 1. The molecule has 2 N–H and O–H groups in total. The van der Waals surface area contributed by atoms with Gasteiger partial charge in [-0.1, -0.05) is 24.3 Å². The molecule has 0 amide bonds. The van der Waals surface area contributed by atoms with E-state index in [9.17, 15) is 5.11 Å². The van der Waals surface area contributed by atoms with Crippen LogP contribution in [0.3, 0.4) is 0 Å². The number of rotatable bonds is 5. The number of aryl methyl sites for hydroxylation is 2. The molecule has 0 spiro atoms. The van der Waals surface area contributed by atoms with Crippen LogP contribution in [0.5, 0.6) is 5.75 Å². The van der Waals surface area contributed by atoms with Gasteiger partial charge in [0, 0.05) is 18.2 Å². The zero-order valence-electron chi connectivity index (χ0n) is 17.8. The Balaban J connectivity index is 1.45. The van der Waals surface area contributed by atoms with Crippen LogP contribution in [0.2, 0.25) is 0 Å². The van der Waals surface area contributed by atoms with Gasteiger partial charge < -0.3 is 20.1 Å². The van der Waals surface area contributed by atoms with Crippen LogP contribution in [-0.4, -0.2) is 41.4 Å².